The van der Waals surface area contributed by atoms with Crippen LogP contribution in [0.25, 0.3) is 12.2 Å². The largest absolute Gasteiger partial charge is 0.294 e. The van der Waals surface area contributed by atoms with E-state index in [0.29, 0.717) is 23.4 Å². The molecule has 4 aliphatic rings. The van der Waals surface area contributed by atoms with Gasteiger partial charge in [0.05, 0.1) is 0 Å². The van der Waals surface area contributed by atoms with Crippen LogP contribution in [-0.4, -0.2) is 11.6 Å². The molecule has 0 heterocycles. The standard InChI is InChI=1S/2C17H20O/c2*1-16(2)14-9-10-17(16,3)15(18)13(14)11-12-7-5-4-6-8-12/h2*4-8,11,14H,9-10H2,1-3H3. The van der Waals surface area contributed by atoms with Gasteiger partial charge in [0, 0.05) is 10.8 Å². The zero-order valence-corrected chi connectivity index (χ0v) is 22.7. The van der Waals surface area contributed by atoms with Crippen LogP contribution in [0.3, 0.4) is 0 Å². The molecular formula is C34H40O2. The summed E-state index contributed by atoms with van der Waals surface area (Å²) >= 11 is 0. The molecule has 2 aromatic rings. The second-order valence-corrected chi connectivity index (χ2v) is 13.0. The van der Waals surface area contributed by atoms with E-state index in [0.717, 1.165) is 48.0 Å². The lowest BCUT2D eigenvalue weighted by atomic mass is 9.70. The van der Waals surface area contributed by atoms with Crippen molar-refractivity contribution in [3.8, 4) is 0 Å². The molecule has 0 amide bonds. The number of ketones is 2. The number of fused-ring (bicyclic) bond motifs is 4. The molecular weight excluding hydrogens is 440 g/mol. The van der Waals surface area contributed by atoms with Crippen molar-refractivity contribution in [2.45, 2.75) is 67.2 Å². The van der Waals surface area contributed by atoms with Crippen LogP contribution in [-0.2, 0) is 9.59 Å². The van der Waals surface area contributed by atoms with E-state index in [1.807, 2.05) is 36.4 Å². The van der Waals surface area contributed by atoms with Gasteiger partial charge in [-0.2, -0.15) is 0 Å². The Morgan fingerprint density at radius 1 is 0.583 bits per heavy atom. The average molecular weight is 481 g/mol. The Hall–Kier alpha value is -2.74. The van der Waals surface area contributed by atoms with Crippen molar-refractivity contribution < 1.29 is 9.59 Å². The average Bonchev–Trinajstić information content (AvgIpc) is 3.34. The molecule has 0 spiro atoms. The molecule has 0 aliphatic heterocycles. The number of hydrogen-bond donors (Lipinski definition) is 0. The van der Waals surface area contributed by atoms with Crippen LogP contribution in [0.4, 0.5) is 0 Å². The summed E-state index contributed by atoms with van der Waals surface area (Å²) < 4.78 is 0. The molecule has 4 unspecified atom stereocenters. The number of benzene rings is 2. The van der Waals surface area contributed by atoms with Crippen molar-refractivity contribution in [2.75, 3.05) is 0 Å². The summed E-state index contributed by atoms with van der Waals surface area (Å²) in [4.78, 5) is 25.3. The van der Waals surface area contributed by atoms with Crippen LogP contribution in [0, 0.1) is 33.5 Å². The molecule has 4 saturated carbocycles. The Kier molecular flexibility index (Phi) is 5.82. The first-order valence-electron chi connectivity index (χ1n) is 13.6. The third kappa shape index (κ3) is 3.44. The Balaban J connectivity index is 0.000000148. The molecule has 4 atom stereocenters. The number of Topliss-reactive ketones (excluding diaryl/α,β-unsaturated/α-hetero) is 2. The van der Waals surface area contributed by atoms with Gasteiger partial charge in [-0.15, -0.1) is 0 Å². The molecule has 0 aromatic heterocycles. The number of carbonyl (C=O) groups is 2. The van der Waals surface area contributed by atoms with E-state index in [1.165, 1.54) is 0 Å². The maximum atomic E-state index is 12.6. The summed E-state index contributed by atoms with van der Waals surface area (Å²) in [5, 5.41) is 0. The number of rotatable bonds is 2. The first-order chi connectivity index (χ1) is 16.9. The summed E-state index contributed by atoms with van der Waals surface area (Å²) in [6, 6.07) is 20.4. The number of carbonyl (C=O) groups excluding carboxylic acids is 2. The Morgan fingerprint density at radius 2 is 0.917 bits per heavy atom. The SMILES string of the molecule is CC12CCC(C(=Cc3ccccc3)C1=O)C2(C)C.CC12CCC(C(=Cc3ccccc3)C1=O)C2(C)C. The minimum absolute atomic E-state index is 0.116. The Morgan fingerprint density at radius 3 is 1.19 bits per heavy atom. The van der Waals surface area contributed by atoms with Crippen molar-refractivity contribution in [2.24, 2.45) is 33.5 Å². The molecule has 0 N–H and O–H groups in total. The van der Waals surface area contributed by atoms with Crippen LogP contribution in [0.1, 0.15) is 78.4 Å². The van der Waals surface area contributed by atoms with E-state index >= 15 is 0 Å². The molecule has 4 bridgehead atoms. The second-order valence-electron chi connectivity index (χ2n) is 13.0. The van der Waals surface area contributed by atoms with Gasteiger partial charge in [0.2, 0.25) is 0 Å². The molecule has 36 heavy (non-hydrogen) atoms. The fourth-order valence-corrected chi connectivity index (χ4v) is 7.65. The Bertz CT molecular complexity index is 1150. The van der Waals surface area contributed by atoms with Crippen LogP contribution in [0.15, 0.2) is 71.8 Å². The van der Waals surface area contributed by atoms with Gasteiger partial charge >= 0.3 is 0 Å². The quantitative estimate of drug-likeness (QED) is 0.406. The topological polar surface area (TPSA) is 34.1 Å². The maximum absolute atomic E-state index is 12.6. The van der Waals surface area contributed by atoms with E-state index < -0.39 is 0 Å². The van der Waals surface area contributed by atoms with Crippen molar-refractivity contribution in [3.63, 3.8) is 0 Å². The summed E-state index contributed by atoms with van der Waals surface area (Å²) in [6.07, 6.45) is 8.64. The lowest BCUT2D eigenvalue weighted by Gasteiger charge is -2.31. The van der Waals surface area contributed by atoms with Crippen LogP contribution >= 0.6 is 0 Å². The highest BCUT2D eigenvalue weighted by Gasteiger charge is 2.64. The summed E-state index contributed by atoms with van der Waals surface area (Å²) in [7, 11) is 0. The third-order valence-electron chi connectivity index (χ3n) is 11.0. The molecule has 2 heteroatoms. The van der Waals surface area contributed by atoms with Gasteiger partial charge in [-0.05, 0) is 82.8 Å². The van der Waals surface area contributed by atoms with Gasteiger partial charge < -0.3 is 0 Å². The molecule has 4 aliphatic carbocycles. The van der Waals surface area contributed by atoms with Gasteiger partial charge in [0.25, 0.3) is 0 Å². The van der Waals surface area contributed by atoms with E-state index in [9.17, 15) is 9.59 Å². The highest BCUT2D eigenvalue weighted by molar-refractivity contribution is 6.08. The predicted molar refractivity (Wildman–Crippen MR) is 148 cm³/mol. The van der Waals surface area contributed by atoms with Crippen molar-refractivity contribution in [3.05, 3.63) is 82.9 Å². The molecule has 2 nitrogen and oxygen atoms in total. The van der Waals surface area contributed by atoms with E-state index in [2.05, 4.69) is 78.0 Å². The molecule has 188 valence electrons. The van der Waals surface area contributed by atoms with E-state index in [-0.39, 0.29) is 21.7 Å². The van der Waals surface area contributed by atoms with Gasteiger partial charge in [-0.3, -0.25) is 9.59 Å². The molecule has 0 saturated heterocycles. The molecule has 4 fully saturated rings. The normalized spacial score (nSPS) is 35.4. The van der Waals surface area contributed by atoms with E-state index in [1.54, 1.807) is 0 Å². The second kappa shape index (κ2) is 8.40. The third-order valence-corrected chi connectivity index (χ3v) is 11.0. The lowest BCUT2D eigenvalue weighted by molar-refractivity contribution is -0.126. The van der Waals surface area contributed by atoms with Gasteiger partial charge in [-0.1, -0.05) is 102 Å². The monoisotopic (exact) mass is 480 g/mol. The summed E-state index contributed by atoms with van der Waals surface area (Å²) in [5.74, 6) is 1.64. The molecule has 2 aromatic carbocycles. The lowest BCUT2D eigenvalue weighted by Crippen LogP contribution is -2.32. The minimum Gasteiger partial charge on any atom is -0.294 e. The zero-order valence-electron chi connectivity index (χ0n) is 22.7. The highest BCUT2D eigenvalue weighted by Crippen LogP contribution is 2.66. The fraction of sp³-hybridized carbons (Fsp3) is 0.471. The first kappa shape index (κ1) is 24.9. The van der Waals surface area contributed by atoms with Crippen molar-refractivity contribution in [1.82, 2.24) is 0 Å². The van der Waals surface area contributed by atoms with Crippen LogP contribution in [0.2, 0.25) is 0 Å². The smallest absolute Gasteiger partial charge is 0.165 e. The predicted octanol–water partition coefficient (Wildman–Crippen LogP) is 8.19. The summed E-state index contributed by atoms with van der Waals surface area (Å²) in [5.41, 5.74) is 4.35. The maximum Gasteiger partial charge on any atom is 0.165 e. The van der Waals surface area contributed by atoms with Crippen molar-refractivity contribution >= 4 is 23.7 Å². The molecule has 0 radical (unpaired) electrons. The number of allylic oxidation sites excluding steroid dienone is 2. The highest BCUT2D eigenvalue weighted by atomic mass is 16.1. The van der Waals surface area contributed by atoms with Gasteiger partial charge in [-0.25, -0.2) is 0 Å². The van der Waals surface area contributed by atoms with Crippen LogP contribution < -0.4 is 0 Å². The van der Waals surface area contributed by atoms with E-state index in [4.69, 9.17) is 0 Å². The zero-order chi connectivity index (χ0) is 25.9. The summed E-state index contributed by atoms with van der Waals surface area (Å²) in [6.45, 7) is 13.3. The number of hydrogen-bond acceptors (Lipinski definition) is 2. The minimum atomic E-state index is -0.141. The first-order valence-corrected chi connectivity index (χ1v) is 13.6. The van der Waals surface area contributed by atoms with Crippen LogP contribution in [0.5, 0.6) is 0 Å². The van der Waals surface area contributed by atoms with Gasteiger partial charge in [0.15, 0.2) is 11.6 Å². The van der Waals surface area contributed by atoms with Crippen molar-refractivity contribution in [1.29, 1.82) is 0 Å². The molecule has 6 rings (SSSR count). The Labute approximate surface area is 216 Å². The fourth-order valence-electron chi connectivity index (χ4n) is 7.65. The van der Waals surface area contributed by atoms with Gasteiger partial charge in [0.1, 0.15) is 0 Å².